The molecule has 30 heavy (non-hydrogen) atoms. The molecular weight excluding hydrogens is 428 g/mol. The highest BCUT2D eigenvalue weighted by Gasteiger charge is 2.29. The van der Waals surface area contributed by atoms with E-state index in [2.05, 4.69) is 5.32 Å². The van der Waals surface area contributed by atoms with E-state index in [0.29, 0.717) is 5.75 Å². The summed E-state index contributed by atoms with van der Waals surface area (Å²) in [5.41, 5.74) is 2.43. The number of nitrogens with one attached hydrogen (secondary N) is 1. The van der Waals surface area contributed by atoms with Crippen LogP contribution in [0.4, 0.5) is 5.69 Å². The largest absolute Gasteiger partial charge is 0.495 e. The van der Waals surface area contributed by atoms with Gasteiger partial charge in [0.25, 0.3) is 0 Å². The van der Waals surface area contributed by atoms with Gasteiger partial charge in [0.2, 0.25) is 15.9 Å². The maximum Gasteiger partial charge on any atom is 0.243 e. The molecule has 1 atom stereocenters. The fourth-order valence-electron chi connectivity index (χ4n) is 2.96. The fraction of sp³-hybridized carbons (Fsp3) is 0.381. The van der Waals surface area contributed by atoms with Crippen LogP contribution in [0.1, 0.15) is 18.1 Å². The van der Waals surface area contributed by atoms with Crippen LogP contribution in [0, 0.1) is 13.8 Å². The van der Waals surface area contributed by atoms with E-state index in [9.17, 15) is 13.2 Å². The number of hydrogen-bond donors (Lipinski definition) is 1. The first-order valence-corrected chi connectivity index (χ1v) is 11.6. The first kappa shape index (κ1) is 23.8. The summed E-state index contributed by atoms with van der Waals surface area (Å²) < 4.78 is 36.6. The number of aryl methyl sites for hydroxylation is 1. The molecule has 0 saturated heterocycles. The third-order valence-corrected chi connectivity index (χ3v) is 6.23. The van der Waals surface area contributed by atoms with Gasteiger partial charge < -0.3 is 14.8 Å². The average Bonchev–Trinajstić information content (AvgIpc) is 2.67. The Bertz CT molecular complexity index is 1010. The molecule has 0 aliphatic carbocycles. The summed E-state index contributed by atoms with van der Waals surface area (Å²) >= 11 is 6.13. The lowest BCUT2D eigenvalue weighted by Gasteiger charge is -2.28. The monoisotopic (exact) mass is 454 g/mol. The van der Waals surface area contributed by atoms with Crippen LogP contribution >= 0.6 is 11.6 Å². The van der Waals surface area contributed by atoms with E-state index in [-0.39, 0.29) is 23.9 Å². The smallest absolute Gasteiger partial charge is 0.243 e. The minimum atomic E-state index is -3.74. The Morgan fingerprint density at radius 3 is 2.50 bits per heavy atom. The van der Waals surface area contributed by atoms with E-state index in [1.54, 1.807) is 12.1 Å². The van der Waals surface area contributed by atoms with Crippen molar-refractivity contribution >= 4 is 33.2 Å². The Hall–Kier alpha value is -2.45. The zero-order valence-corrected chi connectivity index (χ0v) is 19.3. The number of methoxy groups -OCH3 is 1. The van der Waals surface area contributed by atoms with Gasteiger partial charge in [-0.25, -0.2) is 8.42 Å². The lowest BCUT2D eigenvalue weighted by Crippen LogP contribution is -2.48. The van der Waals surface area contributed by atoms with Crippen LogP contribution in [0.15, 0.2) is 36.4 Å². The van der Waals surface area contributed by atoms with Gasteiger partial charge in [-0.15, -0.1) is 0 Å². The number of amides is 1. The highest BCUT2D eigenvalue weighted by atomic mass is 35.5. The summed E-state index contributed by atoms with van der Waals surface area (Å²) in [7, 11) is -2.28. The molecule has 0 aliphatic heterocycles. The second-order valence-corrected chi connectivity index (χ2v) is 9.16. The minimum absolute atomic E-state index is 0.234. The van der Waals surface area contributed by atoms with Crippen molar-refractivity contribution in [1.82, 2.24) is 5.32 Å². The standard InChI is InChI=1S/C21H27ClN2O5S/c1-14-7-6-8-19(15(14)2)29-12-11-23-21(25)16(3)24(30(5,26)27)17-9-10-20(28-4)18(22)13-17/h6-10,13,16H,11-12H2,1-5H3,(H,23,25)/t16-/m0/s1. The maximum atomic E-state index is 12.6. The highest BCUT2D eigenvalue weighted by molar-refractivity contribution is 7.92. The van der Waals surface area contributed by atoms with Crippen molar-refractivity contribution in [1.29, 1.82) is 0 Å². The quantitative estimate of drug-likeness (QED) is 0.587. The van der Waals surface area contributed by atoms with Crippen LogP contribution in [0.25, 0.3) is 0 Å². The summed E-state index contributed by atoms with van der Waals surface area (Å²) in [4.78, 5) is 12.6. The van der Waals surface area contributed by atoms with Gasteiger partial charge in [-0.05, 0) is 56.2 Å². The molecule has 0 fully saturated rings. The summed E-state index contributed by atoms with van der Waals surface area (Å²) in [6, 6.07) is 9.34. The molecule has 0 saturated carbocycles. The lowest BCUT2D eigenvalue weighted by molar-refractivity contribution is -0.121. The minimum Gasteiger partial charge on any atom is -0.495 e. The third kappa shape index (κ3) is 5.79. The Balaban J connectivity index is 2.05. The number of hydrogen-bond acceptors (Lipinski definition) is 5. The van der Waals surface area contributed by atoms with Crippen molar-refractivity contribution in [2.24, 2.45) is 0 Å². The summed E-state index contributed by atoms with van der Waals surface area (Å²) in [6.07, 6.45) is 1.04. The number of nitrogens with zero attached hydrogens (tertiary/aromatic N) is 1. The second-order valence-electron chi connectivity index (χ2n) is 6.89. The molecule has 9 heteroatoms. The molecule has 2 aromatic rings. The molecule has 0 bridgehead atoms. The number of anilines is 1. The Labute approximate surface area is 183 Å². The molecule has 7 nitrogen and oxygen atoms in total. The Morgan fingerprint density at radius 2 is 1.90 bits per heavy atom. The number of carbonyl (C=O) groups excluding carboxylic acids is 1. The predicted molar refractivity (Wildman–Crippen MR) is 119 cm³/mol. The normalized spacial score (nSPS) is 12.2. The van der Waals surface area contributed by atoms with Crippen molar-refractivity contribution in [3.8, 4) is 11.5 Å². The van der Waals surface area contributed by atoms with E-state index in [4.69, 9.17) is 21.1 Å². The number of rotatable bonds is 9. The van der Waals surface area contributed by atoms with Crippen molar-refractivity contribution in [3.05, 3.63) is 52.5 Å². The first-order chi connectivity index (χ1) is 14.1. The highest BCUT2D eigenvalue weighted by Crippen LogP contribution is 2.31. The van der Waals surface area contributed by atoms with Gasteiger partial charge in [-0.3, -0.25) is 9.10 Å². The molecule has 0 aliphatic rings. The van der Waals surface area contributed by atoms with Gasteiger partial charge >= 0.3 is 0 Å². The van der Waals surface area contributed by atoms with Crippen LogP contribution < -0.4 is 19.1 Å². The Kier molecular flexibility index (Phi) is 7.97. The second kappa shape index (κ2) is 10.0. The van der Waals surface area contributed by atoms with Gasteiger partial charge in [0.1, 0.15) is 24.1 Å². The number of ether oxygens (including phenoxy) is 2. The van der Waals surface area contributed by atoms with Gasteiger partial charge in [0.05, 0.1) is 30.6 Å². The van der Waals surface area contributed by atoms with E-state index in [1.807, 2.05) is 32.0 Å². The molecule has 0 aromatic heterocycles. The first-order valence-electron chi connectivity index (χ1n) is 9.36. The number of sulfonamides is 1. The molecule has 1 N–H and O–H groups in total. The van der Waals surface area contributed by atoms with Crippen molar-refractivity contribution in [2.45, 2.75) is 26.8 Å². The zero-order chi connectivity index (χ0) is 22.5. The molecule has 0 spiro atoms. The molecule has 164 valence electrons. The number of carbonyl (C=O) groups is 1. The summed E-state index contributed by atoms with van der Waals surface area (Å²) in [5.74, 6) is 0.717. The summed E-state index contributed by atoms with van der Waals surface area (Å²) in [5, 5.41) is 2.97. The van der Waals surface area contributed by atoms with E-state index < -0.39 is 22.0 Å². The van der Waals surface area contributed by atoms with Crippen LogP contribution in [0.3, 0.4) is 0 Å². The van der Waals surface area contributed by atoms with Crippen molar-refractivity contribution in [3.63, 3.8) is 0 Å². The van der Waals surface area contributed by atoms with Gasteiger partial charge in [0.15, 0.2) is 0 Å². The number of benzene rings is 2. The molecule has 0 unspecified atom stereocenters. The van der Waals surface area contributed by atoms with Gasteiger partial charge in [-0.2, -0.15) is 0 Å². The molecule has 0 heterocycles. The third-order valence-electron chi connectivity index (χ3n) is 4.69. The lowest BCUT2D eigenvalue weighted by atomic mass is 10.1. The van der Waals surface area contributed by atoms with Gasteiger partial charge in [0, 0.05) is 0 Å². The average molecular weight is 455 g/mol. The fourth-order valence-corrected chi connectivity index (χ4v) is 4.38. The van der Waals surface area contributed by atoms with Crippen molar-refractivity contribution in [2.75, 3.05) is 30.8 Å². The van der Waals surface area contributed by atoms with Crippen LogP contribution in [0.2, 0.25) is 5.02 Å². The van der Waals surface area contributed by atoms with E-state index in [1.165, 1.54) is 20.1 Å². The van der Waals surface area contributed by atoms with Crippen molar-refractivity contribution < 1.29 is 22.7 Å². The topological polar surface area (TPSA) is 84.9 Å². The van der Waals surface area contributed by atoms with E-state index in [0.717, 1.165) is 27.4 Å². The van der Waals surface area contributed by atoms with Crippen LogP contribution in [0.5, 0.6) is 11.5 Å². The van der Waals surface area contributed by atoms with Crippen LogP contribution in [-0.4, -0.2) is 46.9 Å². The summed E-state index contributed by atoms with van der Waals surface area (Å²) in [6.45, 7) is 5.97. The number of halogens is 1. The predicted octanol–water partition coefficient (Wildman–Crippen LogP) is 3.32. The molecule has 2 rings (SSSR count). The SMILES string of the molecule is COc1ccc(N([C@@H](C)C(=O)NCCOc2cccc(C)c2C)S(C)(=O)=O)cc1Cl. The van der Waals surface area contributed by atoms with Crippen LogP contribution in [-0.2, 0) is 14.8 Å². The molecule has 1 amide bonds. The van der Waals surface area contributed by atoms with Gasteiger partial charge in [-0.1, -0.05) is 23.7 Å². The Morgan fingerprint density at radius 1 is 1.20 bits per heavy atom. The zero-order valence-electron chi connectivity index (χ0n) is 17.7. The van der Waals surface area contributed by atoms with E-state index >= 15 is 0 Å². The molecule has 0 radical (unpaired) electrons. The molecular formula is C21H27ClN2O5S. The maximum absolute atomic E-state index is 12.6. The molecule has 2 aromatic carbocycles.